The van der Waals surface area contributed by atoms with Gasteiger partial charge < -0.3 is 10.4 Å². The van der Waals surface area contributed by atoms with Gasteiger partial charge in [-0.1, -0.05) is 18.2 Å². The molecular formula is C18H19N3O2S. The van der Waals surface area contributed by atoms with Crippen LogP contribution < -0.4 is 5.32 Å². The molecule has 3 aromatic rings. The van der Waals surface area contributed by atoms with E-state index < -0.39 is 6.10 Å². The second-order valence-electron chi connectivity index (χ2n) is 6.20. The highest BCUT2D eigenvalue weighted by Gasteiger charge is 2.28. The first-order valence-electron chi connectivity index (χ1n) is 8.19. The molecule has 0 saturated carbocycles. The van der Waals surface area contributed by atoms with E-state index in [1.807, 2.05) is 30.3 Å². The molecule has 0 fully saturated rings. The van der Waals surface area contributed by atoms with Crippen molar-refractivity contribution in [1.29, 1.82) is 0 Å². The van der Waals surface area contributed by atoms with Crippen LogP contribution in [0.1, 0.15) is 41.0 Å². The van der Waals surface area contributed by atoms with Crippen LogP contribution in [0.3, 0.4) is 0 Å². The molecule has 1 aromatic carbocycles. The molecule has 0 spiro atoms. The van der Waals surface area contributed by atoms with E-state index in [9.17, 15) is 9.90 Å². The summed E-state index contributed by atoms with van der Waals surface area (Å²) in [5.41, 5.74) is 2.06. The highest BCUT2D eigenvalue weighted by molar-refractivity contribution is 7.19. The predicted octanol–water partition coefficient (Wildman–Crippen LogP) is 2.89. The fourth-order valence-electron chi connectivity index (χ4n) is 3.32. The number of amides is 1. The van der Waals surface area contributed by atoms with Crippen molar-refractivity contribution >= 4 is 27.3 Å². The Hall–Kier alpha value is -2.18. The lowest BCUT2D eigenvalue weighted by Gasteiger charge is -2.21. The fourth-order valence-corrected chi connectivity index (χ4v) is 4.37. The van der Waals surface area contributed by atoms with Crippen LogP contribution in [0.25, 0.3) is 10.1 Å². The Morgan fingerprint density at radius 2 is 2.33 bits per heavy atom. The molecule has 2 heterocycles. The zero-order valence-corrected chi connectivity index (χ0v) is 14.0. The van der Waals surface area contributed by atoms with Crippen molar-refractivity contribution in [2.75, 3.05) is 6.54 Å². The van der Waals surface area contributed by atoms with Gasteiger partial charge >= 0.3 is 0 Å². The molecule has 24 heavy (non-hydrogen) atoms. The molecule has 6 heteroatoms. The first-order chi connectivity index (χ1) is 11.7. The number of aryl methyl sites for hydroxylation is 1. The quantitative estimate of drug-likeness (QED) is 0.683. The summed E-state index contributed by atoms with van der Waals surface area (Å²) in [6.45, 7) is 0.231. The minimum Gasteiger partial charge on any atom is -0.386 e. The zero-order valence-electron chi connectivity index (χ0n) is 13.2. The van der Waals surface area contributed by atoms with Crippen LogP contribution in [-0.4, -0.2) is 27.8 Å². The standard InChI is InChI=1S/C18H19N3O2S/c22-15(17-8-11-4-1-2-7-16(11)24-17)10-19-18(23)12-5-3-6-14-13(12)9-20-21-14/h1-2,4,7-9,12,15,22H,3,5-6,10H2,(H,19,23)(H,20,21)/t12-,15-/m1/s1. The first-order valence-corrected chi connectivity index (χ1v) is 9.00. The molecule has 2 aromatic heterocycles. The molecule has 3 N–H and O–H groups in total. The molecule has 124 valence electrons. The summed E-state index contributed by atoms with van der Waals surface area (Å²) < 4.78 is 1.15. The summed E-state index contributed by atoms with van der Waals surface area (Å²) in [4.78, 5) is 13.4. The summed E-state index contributed by atoms with van der Waals surface area (Å²) >= 11 is 1.57. The smallest absolute Gasteiger partial charge is 0.227 e. The molecule has 1 aliphatic carbocycles. The third-order valence-electron chi connectivity index (χ3n) is 4.61. The summed E-state index contributed by atoms with van der Waals surface area (Å²) in [5, 5.41) is 21.4. The van der Waals surface area contributed by atoms with E-state index >= 15 is 0 Å². The van der Waals surface area contributed by atoms with Crippen molar-refractivity contribution in [2.45, 2.75) is 31.3 Å². The van der Waals surface area contributed by atoms with Gasteiger partial charge in [-0.05, 0) is 36.8 Å². The van der Waals surface area contributed by atoms with Crippen molar-refractivity contribution in [2.24, 2.45) is 0 Å². The van der Waals surface area contributed by atoms with E-state index in [-0.39, 0.29) is 18.4 Å². The maximum absolute atomic E-state index is 12.5. The second kappa shape index (κ2) is 6.37. The molecule has 0 bridgehead atoms. The van der Waals surface area contributed by atoms with Gasteiger partial charge in [0, 0.05) is 27.4 Å². The fraction of sp³-hybridized carbons (Fsp3) is 0.333. The van der Waals surface area contributed by atoms with Gasteiger partial charge in [0.15, 0.2) is 0 Å². The van der Waals surface area contributed by atoms with Gasteiger partial charge in [-0.25, -0.2) is 0 Å². The van der Waals surface area contributed by atoms with E-state index in [0.717, 1.165) is 45.5 Å². The lowest BCUT2D eigenvalue weighted by molar-refractivity contribution is -0.123. The number of rotatable bonds is 4. The molecule has 0 saturated heterocycles. The van der Waals surface area contributed by atoms with Crippen molar-refractivity contribution in [3.63, 3.8) is 0 Å². The van der Waals surface area contributed by atoms with Gasteiger partial charge in [0.05, 0.1) is 12.1 Å². The molecule has 5 nitrogen and oxygen atoms in total. The van der Waals surface area contributed by atoms with Crippen LogP contribution in [0.15, 0.2) is 36.5 Å². The maximum atomic E-state index is 12.5. The number of thiophene rings is 1. The number of carbonyl (C=O) groups is 1. The Morgan fingerprint density at radius 3 is 3.21 bits per heavy atom. The van der Waals surface area contributed by atoms with E-state index in [1.165, 1.54) is 0 Å². The van der Waals surface area contributed by atoms with Gasteiger partial charge in [0.2, 0.25) is 5.91 Å². The van der Waals surface area contributed by atoms with Crippen molar-refractivity contribution in [3.8, 4) is 0 Å². The lowest BCUT2D eigenvalue weighted by atomic mass is 9.86. The predicted molar refractivity (Wildman–Crippen MR) is 94.1 cm³/mol. The molecule has 2 atom stereocenters. The molecule has 0 aliphatic heterocycles. The number of aromatic amines is 1. The van der Waals surface area contributed by atoms with Crippen LogP contribution in [0.4, 0.5) is 0 Å². The Kier molecular flexibility index (Phi) is 4.08. The average Bonchev–Trinajstić information content (AvgIpc) is 3.25. The number of nitrogens with zero attached hydrogens (tertiary/aromatic N) is 1. The van der Waals surface area contributed by atoms with E-state index in [4.69, 9.17) is 0 Å². The van der Waals surface area contributed by atoms with Crippen molar-refractivity contribution in [3.05, 3.63) is 52.7 Å². The van der Waals surface area contributed by atoms with Crippen molar-refractivity contribution < 1.29 is 9.90 Å². The van der Waals surface area contributed by atoms with Crippen LogP contribution >= 0.6 is 11.3 Å². The Morgan fingerprint density at radius 1 is 1.46 bits per heavy atom. The van der Waals surface area contributed by atoms with Crippen LogP contribution in [0, 0.1) is 0 Å². The summed E-state index contributed by atoms with van der Waals surface area (Å²) in [6, 6.07) is 10.0. The number of hydrogen-bond donors (Lipinski definition) is 3. The van der Waals surface area contributed by atoms with E-state index in [1.54, 1.807) is 17.5 Å². The number of H-pyrrole nitrogens is 1. The molecule has 0 unspecified atom stereocenters. The third kappa shape index (κ3) is 2.83. The number of aliphatic hydroxyl groups excluding tert-OH is 1. The van der Waals surface area contributed by atoms with Gasteiger partial charge in [-0.2, -0.15) is 5.10 Å². The minimum atomic E-state index is -0.682. The van der Waals surface area contributed by atoms with Crippen LogP contribution in [-0.2, 0) is 11.2 Å². The molecule has 0 radical (unpaired) electrons. The topological polar surface area (TPSA) is 78.0 Å². The lowest BCUT2D eigenvalue weighted by Crippen LogP contribution is -2.33. The second-order valence-corrected chi connectivity index (χ2v) is 7.31. The molecule has 4 rings (SSSR count). The highest BCUT2D eigenvalue weighted by atomic mass is 32.1. The number of fused-ring (bicyclic) bond motifs is 2. The third-order valence-corrected chi connectivity index (χ3v) is 5.82. The van der Waals surface area contributed by atoms with E-state index in [0.29, 0.717) is 0 Å². The normalized spacial score (nSPS) is 18.3. The van der Waals surface area contributed by atoms with E-state index in [2.05, 4.69) is 15.5 Å². The maximum Gasteiger partial charge on any atom is 0.227 e. The summed E-state index contributed by atoms with van der Waals surface area (Å²) in [6.07, 6.45) is 3.83. The summed E-state index contributed by atoms with van der Waals surface area (Å²) in [5.74, 6) is -0.195. The number of carbonyl (C=O) groups excluding carboxylic acids is 1. The molecule has 1 aliphatic rings. The number of aliphatic hydroxyl groups is 1. The van der Waals surface area contributed by atoms with Gasteiger partial charge in [-0.3, -0.25) is 9.89 Å². The minimum absolute atomic E-state index is 0.0301. The Bertz CT molecular complexity index is 837. The zero-order chi connectivity index (χ0) is 16.5. The molecule has 1 amide bonds. The van der Waals surface area contributed by atoms with Crippen LogP contribution in [0.5, 0.6) is 0 Å². The number of aromatic nitrogens is 2. The number of benzene rings is 1. The largest absolute Gasteiger partial charge is 0.386 e. The Balaban J connectivity index is 1.42. The monoisotopic (exact) mass is 341 g/mol. The Labute approximate surface area is 143 Å². The number of hydrogen-bond acceptors (Lipinski definition) is 4. The first kappa shape index (κ1) is 15.4. The van der Waals surface area contributed by atoms with Crippen LogP contribution in [0.2, 0.25) is 0 Å². The van der Waals surface area contributed by atoms with Gasteiger partial charge in [0.25, 0.3) is 0 Å². The summed E-state index contributed by atoms with van der Waals surface area (Å²) in [7, 11) is 0. The highest BCUT2D eigenvalue weighted by Crippen LogP contribution is 2.31. The SMILES string of the molecule is O=C(NC[C@@H](O)c1cc2ccccc2s1)[C@@H]1CCCc2[nH]ncc21. The van der Waals surface area contributed by atoms with Crippen molar-refractivity contribution in [1.82, 2.24) is 15.5 Å². The van der Waals surface area contributed by atoms with Gasteiger partial charge in [-0.15, -0.1) is 11.3 Å². The number of nitrogens with one attached hydrogen (secondary N) is 2. The van der Waals surface area contributed by atoms with Gasteiger partial charge in [0.1, 0.15) is 6.10 Å². The molecular weight excluding hydrogens is 322 g/mol. The average molecular weight is 341 g/mol.